The lowest BCUT2D eigenvalue weighted by atomic mass is 10.1. The van der Waals surface area contributed by atoms with Gasteiger partial charge in [-0.15, -0.1) is 0 Å². The van der Waals surface area contributed by atoms with Crippen LogP contribution in [0.5, 0.6) is 0 Å². The van der Waals surface area contributed by atoms with Crippen LogP contribution in [-0.2, 0) is 0 Å². The van der Waals surface area contributed by atoms with Crippen molar-refractivity contribution in [1.82, 2.24) is 20.4 Å². The standard InChI is InChI=1S/C13H28N4/c1-16-8-3-4-12(11-16)15-6-5-13-10-14-7-9-17(13)2/h12-15H,3-11H2,1-2H3. The third-order valence-electron chi connectivity index (χ3n) is 4.18. The average molecular weight is 240 g/mol. The highest BCUT2D eigenvalue weighted by atomic mass is 15.2. The van der Waals surface area contributed by atoms with Crippen molar-refractivity contribution in [2.75, 3.05) is 53.4 Å². The first kappa shape index (κ1) is 13.3. The molecule has 2 aliphatic heterocycles. The van der Waals surface area contributed by atoms with E-state index >= 15 is 0 Å². The van der Waals surface area contributed by atoms with Crippen LogP contribution in [0.2, 0.25) is 0 Å². The van der Waals surface area contributed by atoms with E-state index in [0.717, 1.165) is 31.7 Å². The number of hydrogen-bond donors (Lipinski definition) is 2. The van der Waals surface area contributed by atoms with Gasteiger partial charge in [-0.3, -0.25) is 0 Å². The molecule has 0 aromatic carbocycles. The zero-order valence-corrected chi connectivity index (χ0v) is 11.4. The second-order valence-electron chi connectivity index (χ2n) is 5.68. The van der Waals surface area contributed by atoms with Gasteiger partial charge in [0.1, 0.15) is 0 Å². The van der Waals surface area contributed by atoms with Crippen LogP contribution in [0, 0.1) is 0 Å². The molecular weight excluding hydrogens is 212 g/mol. The summed E-state index contributed by atoms with van der Waals surface area (Å²) in [4.78, 5) is 4.93. The predicted molar refractivity (Wildman–Crippen MR) is 72.4 cm³/mol. The summed E-state index contributed by atoms with van der Waals surface area (Å²) < 4.78 is 0. The number of piperazine rings is 1. The maximum Gasteiger partial charge on any atom is 0.0230 e. The minimum Gasteiger partial charge on any atom is -0.314 e. The quantitative estimate of drug-likeness (QED) is 0.722. The molecule has 0 aliphatic carbocycles. The molecule has 2 N–H and O–H groups in total. The van der Waals surface area contributed by atoms with Crippen LogP contribution in [0.15, 0.2) is 0 Å². The Hall–Kier alpha value is -0.160. The van der Waals surface area contributed by atoms with Crippen molar-refractivity contribution < 1.29 is 0 Å². The molecule has 2 atom stereocenters. The number of piperidine rings is 1. The smallest absolute Gasteiger partial charge is 0.0230 e. The molecule has 2 rings (SSSR count). The van der Waals surface area contributed by atoms with Gasteiger partial charge < -0.3 is 20.4 Å². The van der Waals surface area contributed by atoms with Gasteiger partial charge in [-0.05, 0) is 46.4 Å². The Bertz CT molecular complexity index is 221. The second-order valence-corrected chi connectivity index (χ2v) is 5.68. The zero-order chi connectivity index (χ0) is 12.1. The molecular formula is C13H28N4. The molecule has 0 spiro atoms. The van der Waals surface area contributed by atoms with Crippen LogP contribution in [-0.4, -0.2) is 75.2 Å². The van der Waals surface area contributed by atoms with E-state index in [1.54, 1.807) is 0 Å². The topological polar surface area (TPSA) is 30.5 Å². The van der Waals surface area contributed by atoms with E-state index in [1.807, 2.05) is 0 Å². The number of likely N-dealkylation sites (tertiary alicyclic amines) is 1. The molecule has 2 fully saturated rings. The molecule has 0 radical (unpaired) electrons. The molecule has 0 aromatic heterocycles. The largest absolute Gasteiger partial charge is 0.314 e. The molecule has 4 nitrogen and oxygen atoms in total. The highest BCUT2D eigenvalue weighted by Gasteiger charge is 2.20. The Kier molecular flexibility index (Phi) is 5.22. The highest BCUT2D eigenvalue weighted by molar-refractivity contribution is 4.80. The summed E-state index contributed by atoms with van der Waals surface area (Å²) in [5, 5.41) is 7.21. The van der Waals surface area contributed by atoms with Crippen molar-refractivity contribution in [2.24, 2.45) is 0 Å². The minimum absolute atomic E-state index is 0.718. The monoisotopic (exact) mass is 240 g/mol. The van der Waals surface area contributed by atoms with Crippen LogP contribution < -0.4 is 10.6 Å². The van der Waals surface area contributed by atoms with Crippen molar-refractivity contribution in [1.29, 1.82) is 0 Å². The fourth-order valence-electron chi connectivity index (χ4n) is 2.97. The van der Waals surface area contributed by atoms with E-state index in [1.165, 1.54) is 38.9 Å². The molecule has 0 amide bonds. The maximum atomic E-state index is 3.72. The van der Waals surface area contributed by atoms with E-state index in [2.05, 4.69) is 34.5 Å². The zero-order valence-electron chi connectivity index (χ0n) is 11.4. The molecule has 0 saturated carbocycles. The minimum atomic E-state index is 0.718. The SMILES string of the molecule is CN1CCCC(NCCC2CNCCN2C)C1. The molecule has 17 heavy (non-hydrogen) atoms. The van der Waals surface area contributed by atoms with Crippen molar-refractivity contribution >= 4 is 0 Å². The van der Waals surface area contributed by atoms with Crippen molar-refractivity contribution in [3.63, 3.8) is 0 Å². The maximum absolute atomic E-state index is 3.72. The number of hydrogen-bond acceptors (Lipinski definition) is 4. The summed E-state index contributed by atoms with van der Waals surface area (Å²) in [6, 6.07) is 1.44. The summed E-state index contributed by atoms with van der Waals surface area (Å²) in [6.07, 6.45) is 3.96. The van der Waals surface area contributed by atoms with Gasteiger partial charge in [0.2, 0.25) is 0 Å². The number of rotatable bonds is 4. The normalized spacial score (nSPS) is 32.8. The molecule has 2 aliphatic rings. The summed E-state index contributed by atoms with van der Waals surface area (Å²) in [5.41, 5.74) is 0. The van der Waals surface area contributed by atoms with Gasteiger partial charge in [0.25, 0.3) is 0 Å². The molecule has 0 bridgehead atoms. The van der Waals surface area contributed by atoms with Crippen LogP contribution in [0.4, 0.5) is 0 Å². The van der Waals surface area contributed by atoms with Gasteiger partial charge in [-0.25, -0.2) is 0 Å². The summed E-state index contributed by atoms with van der Waals surface area (Å²) in [5.74, 6) is 0. The van der Waals surface area contributed by atoms with Crippen molar-refractivity contribution in [3.8, 4) is 0 Å². The molecule has 4 heteroatoms. The molecule has 2 unspecified atom stereocenters. The summed E-state index contributed by atoms with van der Waals surface area (Å²) >= 11 is 0. The second kappa shape index (κ2) is 6.69. The number of nitrogens with zero attached hydrogens (tertiary/aromatic N) is 2. The Labute approximate surface area is 106 Å². The van der Waals surface area contributed by atoms with E-state index in [9.17, 15) is 0 Å². The van der Waals surface area contributed by atoms with Crippen LogP contribution in [0.3, 0.4) is 0 Å². The number of likely N-dealkylation sites (N-methyl/N-ethyl adjacent to an activating group) is 2. The Morgan fingerprint density at radius 3 is 2.94 bits per heavy atom. The van der Waals surface area contributed by atoms with Gasteiger partial charge in [0, 0.05) is 38.3 Å². The van der Waals surface area contributed by atoms with E-state index in [-0.39, 0.29) is 0 Å². The van der Waals surface area contributed by atoms with Crippen molar-refractivity contribution in [2.45, 2.75) is 31.3 Å². The van der Waals surface area contributed by atoms with E-state index < -0.39 is 0 Å². The highest BCUT2D eigenvalue weighted by Crippen LogP contribution is 2.09. The molecule has 100 valence electrons. The van der Waals surface area contributed by atoms with E-state index in [4.69, 9.17) is 0 Å². The first-order chi connectivity index (χ1) is 8.25. The van der Waals surface area contributed by atoms with Gasteiger partial charge in [-0.2, -0.15) is 0 Å². The van der Waals surface area contributed by atoms with Crippen LogP contribution in [0.25, 0.3) is 0 Å². The Morgan fingerprint density at radius 1 is 1.29 bits per heavy atom. The lowest BCUT2D eigenvalue weighted by Gasteiger charge is -2.34. The Morgan fingerprint density at radius 2 is 2.18 bits per heavy atom. The third kappa shape index (κ3) is 4.21. The van der Waals surface area contributed by atoms with Crippen LogP contribution >= 0.6 is 0 Å². The lowest BCUT2D eigenvalue weighted by Crippen LogP contribution is -2.51. The molecule has 2 saturated heterocycles. The first-order valence-electron chi connectivity index (χ1n) is 7.08. The third-order valence-corrected chi connectivity index (χ3v) is 4.18. The fourth-order valence-corrected chi connectivity index (χ4v) is 2.97. The predicted octanol–water partition coefficient (Wildman–Crippen LogP) is -0.0361. The first-order valence-corrected chi connectivity index (χ1v) is 7.08. The average Bonchev–Trinajstić information content (AvgIpc) is 2.32. The van der Waals surface area contributed by atoms with Crippen LogP contribution in [0.1, 0.15) is 19.3 Å². The van der Waals surface area contributed by atoms with Crippen molar-refractivity contribution in [3.05, 3.63) is 0 Å². The molecule has 0 aromatic rings. The lowest BCUT2D eigenvalue weighted by molar-refractivity contribution is 0.181. The Balaban J connectivity index is 1.61. The fraction of sp³-hybridized carbons (Fsp3) is 1.00. The van der Waals surface area contributed by atoms with Gasteiger partial charge in [-0.1, -0.05) is 0 Å². The molecule has 2 heterocycles. The van der Waals surface area contributed by atoms with Gasteiger partial charge >= 0.3 is 0 Å². The van der Waals surface area contributed by atoms with Gasteiger partial charge in [0.15, 0.2) is 0 Å². The summed E-state index contributed by atoms with van der Waals surface area (Å²) in [7, 11) is 4.48. The van der Waals surface area contributed by atoms with Gasteiger partial charge in [0.05, 0.1) is 0 Å². The van der Waals surface area contributed by atoms with E-state index in [0.29, 0.717) is 0 Å². The number of nitrogens with one attached hydrogen (secondary N) is 2. The summed E-state index contributed by atoms with van der Waals surface area (Å²) in [6.45, 7) is 7.15.